The molecule has 0 spiro atoms. The van der Waals surface area contributed by atoms with Gasteiger partial charge < -0.3 is 10.6 Å². The molecule has 1 amide bonds. The lowest BCUT2D eigenvalue weighted by Gasteiger charge is -2.40. The van der Waals surface area contributed by atoms with E-state index in [9.17, 15) is 4.79 Å². The maximum Gasteiger partial charge on any atom is 0.237 e. The van der Waals surface area contributed by atoms with Gasteiger partial charge in [-0.2, -0.15) is 0 Å². The van der Waals surface area contributed by atoms with Crippen LogP contribution in [0.1, 0.15) is 72.6 Å². The Labute approximate surface area is 124 Å². The molecular weight excluding hydrogens is 248 g/mol. The van der Waals surface area contributed by atoms with Crippen LogP contribution in [0.3, 0.4) is 0 Å². The van der Waals surface area contributed by atoms with Crippen LogP contribution < -0.4 is 10.6 Å². The summed E-state index contributed by atoms with van der Waals surface area (Å²) in [5, 5.41) is 6.63. The highest BCUT2D eigenvalue weighted by Crippen LogP contribution is 2.40. The quantitative estimate of drug-likeness (QED) is 0.833. The fourth-order valence-corrected chi connectivity index (χ4v) is 3.93. The molecule has 2 saturated carbocycles. The maximum atomic E-state index is 12.1. The summed E-state index contributed by atoms with van der Waals surface area (Å²) in [6, 6.07) is 0.453. The van der Waals surface area contributed by atoms with Crippen molar-refractivity contribution in [2.75, 3.05) is 0 Å². The second-order valence-corrected chi connectivity index (χ2v) is 7.94. The van der Waals surface area contributed by atoms with Gasteiger partial charge in [0.05, 0.1) is 6.04 Å². The molecule has 2 fully saturated rings. The van der Waals surface area contributed by atoms with Crippen molar-refractivity contribution in [3.8, 4) is 0 Å². The molecule has 0 saturated heterocycles. The van der Waals surface area contributed by atoms with Gasteiger partial charge in [0.25, 0.3) is 0 Å². The first kappa shape index (κ1) is 15.8. The number of fused-ring (bicyclic) bond motifs is 1. The maximum absolute atomic E-state index is 12.1. The Balaban J connectivity index is 1.79. The molecule has 0 bridgehead atoms. The van der Waals surface area contributed by atoms with Crippen LogP contribution in [0.2, 0.25) is 0 Å². The van der Waals surface area contributed by atoms with Gasteiger partial charge >= 0.3 is 0 Å². The molecule has 3 nitrogen and oxygen atoms in total. The van der Waals surface area contributed by atoms with Crippen molar-refractivity contribution < 1.29 is 4.79 Å². The van der Waals surface area contributed by atoms with Crippen molar-refractivity contribution in [1.82, 2.24) is 10.6 Å². The number of hydrogen-bond acceptors (Lipinski definition) is 2. The number of carbonyl (C=O) groups excluding carboxylic acids is 1. The van der Waals surface area contributed by atoms with E-state index < -0.39 is 0 Å². The molecule has 0 heterocycles. The van der Waals surface area contributed by atoms with E-state index in [0.29, 0.717) is 6.04 Å². The van der Waals surface area contributed by atoms with Crippen molar-refractivity contribution in [3.05, 3.63) is 0 Å². The Morgan fingerprint density at radius 1 is 1.05 bits per heavy atom. The molecule has 2 N–H and O–H groups in total. The second kappa shape index (κ2) is 6.46. The van der Waals surface area contributed by atoms with Crippen LogP contribution in [-0.2, 0) is 4.79 Å². The topological polar surface area (TPSA) is 41.1 Å². The third-order valence-electron chi connectivity index (χ3n) is 4.92. The first-order valence-electron chi connectivity index (χ1n) is 8.43. The second-order valence-electron chi connectivity index (χ2n) is 7.94. The molecule has 2 aliphatic rings. The fraction of sp³-hybridized carbons (Fsp3) is 0.941. The molecule has 116 valence electrons. The first-order chi connectivity index (χ1) is 9.35. The third kappa shape index (κ3) is 4.47. The average Bonchev–Trinajstić information content (AvgIpc) is 2.36. The number of amides is 1. The van der Waals surface area contributed by atoms with Gasteiger partial charge in [0, 0.05) is 11.6 Å². The van der Waals surface area contributed by atoms with Gasteiger partial charge in [-0.15, -0.1) is 0 Å². The molecule has 0 radical (unpaired) electrons. The third-order valence-corrected chi connectivity index (χ3v) is 4.92. The van der Waals surface area contributed by atoms with Crippen molar-refractivity contribution in [2.45, 2.75) is 90.3 Å². The minimum Gasteiger partial charge on any atom is -0.350 e. The molecule has 4 atom stereocenters. The van der Waals surface area contributed by atoms with Crippen molar-refractivity contribution in [3.63, 3.8) is 0 Å². The number of nitrogens with one attached hydrogen (secondary N) is 2. The summed E-state index contributed by atoms with van der Waals surface area (Å²) >= 11 is 0. The van der Waals surface area contributed by atoms with Crippen LogP contribution in [-0.4, -0.2) is 23.5 Å². The molecule has 0 aliphatic heterocycles. The van der Waals surface area contributed by atoms with E-state index in [2.05, 4.69) is 10.6 Å². The van der Waals surface area contributed by atoms with Gasteiger partial charge in [0.1, 0.15) is 0 Å². The Morgan fingerprint density at radius 2 is 1.70 bits per heavy atom. The van der Waals surface area contributed by atoms with Crippen LogP contribution in [0.5, 0.6) is 0 Å². The van der Waals surface area contributed by atoms with Gasteiger partial charge in [0.15, 0.2) is 0 Å². The molecule has 2 aliphatic carbocycles. The highest BCUT2D eigenvalue weighted by atomic mass is 16.2. The molecule has 3 heteroatoms. The summed E-state index contributed by atoms with van der Waals surface area (Å²) in [6.07, 6.45) is 9.57. The summed E-state index contributed by atoms with van der Waals surface area (Å²) in [4.78, 5) is 12.1. The van der Waals surface area contributed by atoms with Gasteiger partial charge in [-0.3, -0.25) is 4.79 Å². The molecule has 0 aromatic heterocycles. The minimum absolute atomic E-state index is 0.0839. The molecule has 0 aromatic rings. The lowest BCUT2D eigenvalue weighted by molar-refractivity contribution is -0.124. The fourth-order valence-electron chi connectivity index (χ4n) is 3.93. The van der Waals surface area contributed by atoms with Gasteiger partial charge in [-0.25, -0.2) is 0 Å². The molecular formula is C17H32N2O. The number of carbonyl (C=O) groups is 1. The van der Waals surface area contributed by atoms with E-state index in [1.165, 1.54) is 44.9 Å². The molecule has 0 aromatic carbocycles. The number of hydrogen-bond donors (Lipinski definition) is 2. The van der Waals surface area contributed by atoms with E-state index in [4.69, 9.17) is 0 Å². The number of rotatable bonds is 3. The zero-order valence-corrected chi connectivity index (χ0v) is 13.7. The Hall–Kier alpha value is -0.570. The molecule has 2 rings (SSSR count). The molecule has 20 heavy (non-hydrogen) atoms. The summed E-state index contributed by atoms with van der Waals surface area (Å²) in [7, 11) is 0. The minimum atomic E-state index is -0.145. The SMILES string of the molecule is CC(NC1CCC2CCCCC2C1)C(=O)NC(C)(C)C. The normalized spacial score (nSPS) is 32.3. The van der Waals surface area contributed by atoms with Gasteiger partial charge in [-0.05, 0) is 58.8 Å². The Bertz CT molecular complexity index is 334. The predicted octanol–water partition coefficient (Wildman–Crippen LogP) is 3.24. The molecule has 4 unspecified atom stereocenters. The van der Waals surface area contributed by atoms with Crippen LogP contribution in [0.25, 0.3) is 0 Å². The van der Waals surface area contributed by atoms with Crippen LogP contribution >= 0.6 is 0 Å². The van der Waals surface area contributed by atoms with Crippen molar-refractivity contribution in [2.24, 2.45) is 11.8 Å². The summed E-state index contributed by atoms with van der Waals surface area (Å²) in [6.45, 7) is 8.09. The van der Waals surface area contributed by atoms with Crippen LogP contribution in [0, 0.1) is 11.8 Å². The predicted molar refractivity (Wildman–Crippen MR) is 83.6 cm³/mol. The van der Waals surface area contributed by atoms with Gasteiger partial charge in [0.2, 0.25) is 5.91 Å². The summed E-state index contributed by atoms with van der Waals surface area (Å²) in [5.41, 5.74) is -0.145. The average molecular weight is 280 g/mol. The van der Waals surface area contributed by atoms with Gasteiger partial charge in [-0.1, -0.05) is 25.7 Å². The van der Waals surface area contributed by atoms with E-state index in [-0.39, 0.29) is 17.5 Å². The Morgan fingerprint density at radius 3 is 2.35 bits per heavy atom. The first-order valence-corrected chi connectivity index (χ1v) is 8.43. The van der Waals surface area contributed by atoms with E-state index >= 15 is 0 Å². The lowest BCUT2D eigenvalue weighted by Crippen LogP contribution is -2.53. The van der Waals surface area contributed by atoms with E-state index in [1.807, 2.05) is 27.7 Å². The summed E-state index contributed by atoms with van der Waals surface area (Å²) < 4.78 is 0. The van der Waals surface area contributed by atoms with E-state index in [1.54, 1.807) is 0 Å². The van der Waals surface area contributed by atoms with Crippen molar-refractivity contribution in [1.29, 1.82) is 0 Å². The standard InChI is InChI=1S/C17H32N2O/c1-12(16(20)19-17(2,3)4)18-15-10-9-13-7-5-6-8-14(13)11-15/h12-15,18H,5-11H2,1-4H3,(H,19,20). The Kier molecular flexibility index (Phi) is 5.11. The van der Waals surface area contributed by atoms with E-state index in [0.717, 1.165) is 11.8 Å². The smallest absolute Gasteiger partial charge is 0.237 e. The zero-order chi connectivity index (χ0) is 14.8. The zero-order valence-electron chi connectivity index (χ0n) is 13.7. The highest BCUT2D eigenvalue weighted by molar-refractivity contribution is 5.81. The van der Waals surface area contributed by atoms with Crippen molar-refractivity contribution >= 4 is 5.91 Å². The van der Waals surface area contributed by atoms with Crippen LogP contribution in [0.15, 0.2) is 0 Å². The monoisotopic (exact) mass is 280 g/mol. The lowest BCUT2D eigenvalue weighted by atomic mass is 9.69. The summed E-state index contributed by atoms with van der Waals surface area (Å²) in [5.74, 6) is 2.01. The highest BCUT2D eigenvalue weighted by Gasteiger charge is 2.33. The largest absolute Gasteiger partial charge is 0.350 e. The van der Waals surface area contributed by atoms with Crippen LogP contribution in [0.4, 0.5) is 0 Å².